The fourth-order valence-corrected chi connectivity index (χ4v) is 3.50. The van der Waals surface area contributed by atoms with E-state index in [-0.39, 0.29) is 12.0 Å². The van der Waals surface area contributed by atoms with Gasteiger partial charge in [0.05, 0.1) is 11.6 Å². The summed E-state index contributed by atoms with van der Waals surface area (Å²) in [6.45, 7) is 0.419. The number of carbonyl (C=O) groups is 1. The van der Waals surface area contributed by atoms with Crippen LogP contribution < -0.4 is 10.1 Å². The molecule has 140 valence electrons. The number of carbonyl (C=O) groups excluding carboxylic acids is 1. The number of halogens is 1. The highest BCUT2D eigenvalue weighted by molar-refractivity contribution is 6.32. The quantitative estimate of drug-likeness (QED) is 0.651. The highest BCUT2D eigenvalue weighted by atomic mass is 35.5. The van der Waals surface area contributed by atoms with Crippen LogP contribution in [0.4, 0.5) is 0 Å². The molecule has 0 saturated heterocycles. The molecule has 1 unspecified atom stereocenters. The molecule has 1 atom stereocenters. The summed E-state index contributed by atoms with van der Waals surface area (Å²) in [6.07, 6.45) is 7.21. The number of pyridine rings is 1. The maximum Gasteiger partial charge on any atom is 0.244 e. The van der Waals surface area contributed by atoms with Crippen molar-refractivity contribution in [3.05, 3.63) is 89.2 Å². The third-order valence-corrected chi connectivity index (χ3v) is 4.86. The molecule has 0 fully saturated rings. The number of aromatic nitrogens is 1. The molecule has 0 bridgehead atoms. The zero-order valence-electron chi connectivity index (χ0n) is 15.1. The molecule has 3 aromatic rings. The lowest BCUT2D eigenvalue weighted by Crippen LogP contribution is -2.33. The normalized spacial score (nSPS) is 15.2. The summed E-state index contributed by atoms with van der Waals surface area (Å²) < 4.78 is 5.96. The van der Waals surface area contributed by atoms with Crippen molar-refractivity contribution >= 4 is 23.6 Å². The van der Waals surface area contributed by atoms with Crippen LogP contribution in [0.2, 0.25) is 5.02 Å². The van der Waals surface area contributed by atoms with Crippen molar-refractivity contribution in [1.82, 2.24) is 10.3 Å². The van der Waals surface area contributed by atoms with Crippen molar-refractivity contribution in [2.24, 2.45) is 0 Å². The summed E-state index contributed by atoms with van der Waals surface area (Å²) in [5.74, 6) is 0.547. The smallest absolute Gasteiger partial charge is 0.244 e. The van der Waals surface area contributed by atoms with Gasteiger partial charge in [-0.15, -0.1) is 0 Å². The van der Waals surface area contributed by atoms with Crippen LogP contribution in [0.3, 0.4) is 0 Å². The van der Waals surface area contributed by atoms with Gasteiger partial charge in [0.1, 0.15) is 11.9 Å². The Hall–Kier alpha value is -3.11. The van der Waals surface area contributed by atoms with Crippen molar-refractivity contribution < 1.29 is 9.53 Å². The van der Waals surface area contributed by atoms with Crippen molar-refractivity contribution in [2.45, 2.75) is 12.5 Å². The van der Waals surface area contributed by atoms with Gasteiger partial charge in [0.25, 0.3) is 0 Å². The zero-order valence-corrected chi connectivity index (χ0v) is 15.9. The molecule has 0 saturated carbocycles. The number of rotatable bonds is 5. The molecule has 28 heavy (non-hydrogen) atoms. The van der Waals surface area contributed by atoms with Crippen LogP contribution in [0.1, 0.15) is 11.1 Å². The number of hydrogen-bond donors (Lipinski definition) is 1. The Morgan fingerprint density at radius 1 is 1.18 bits per heavy atom. The summed E-state index contributed by atoms with van der Waals surface area (Å²) in [5.41, 5.74) is 4.13. The van der Waals surface area contributed by atoms with Crippen LogP contribution in [-0.2, 0) is 11.2 Å². The summed E-state index contributed by atoms with van der Waals surface area (Å²) in [6, 6.07) is 17.9. The van der Waals surface area contributed by atoms with Crippen LogP contribution in [0, 0.1) is 0 Å². The SMILES string of the molecule is O=C(/C=C/c1cccnc1)NCC1Cc2cc(-c3ccccc3)cc(Cl)c2O1. The van der Waals surface area contributed by atoms with E-state index in [9.17, 15) is 4.79 Å². The molecule has 1 amide bonds. The van der Waals surface area contributed by atoms with Crippen LogP contribution in [0.15, 0.2) is 73.1 Å². The van der Waals surface area contributed by atoms with E-state index in [1.165, 1.54) is 6.08 Å². The van der Waals surface area contributed by atoms with Crippen LogP contribution in [-0.4, -0.2) is 23.5 Å². The minimum absolute atomic E-state index is 0.130. The minimum Gasteiger partial charge on any atom is -0.486 e. The van der Waals surface area contributed by atoms with Gasteiger partial charge < -0.3 is 10.1 Å². The summed E-state index contributed by atoms with van der Waals surface area (Å²) in [4.78, 5) is 16.1. The molecular formula is C23H19ClN2O2. The average Bonchev–Trinajstić information content (AvgIpc) is 3.16. The van der Waals surface area contributed by atoms with Crippen LogP contribution >= 0.6 is 11.6 Å². The molecule has 5 heteroatoms. The number of nitrogens with one attached hydrogen (secondary N) is 1. The first-order valence-electron chi connectivity index (χ1n) is 9.09. The Morgan fingerprint density at radius 2 is 2.04 bits per heavy atom. The largest absolute Gasteiger partial charge is 0.486 e. The fraction of sp³-hybridized carbons (Fsp3) is 0.130. The number of fused-ring (bicyclic) bond motifs is 1. The molecule has 2 heterocycles. The predicted octanol–water partition coefficient (Wildman–Crippen LogP) is 4.54. The van der Waals surface area contributed by atoms with E-state index in [1.54, 1.807) is 18.5 Å². The van der Waals surface area contributed by atoms with Crippen LogP contribution in [0.25, 0.3) is 17.2 Å². The molecule has 1 aliphatic rings. The Kier molecular flexibility index (Phi) is 5.40. The fourth-order valence-electron chi connectivity index (χ4n) is 3.22. The predicted molar refractivity (Wildman–Crippen MR) is 111 cm³/mol. The maximum atomic E-state index is 12.1. The van der Waals surface area contributed by atoms with Crippen molar-refractivity contribution in [1.29, 1.82) is 0 Å². The molecule has 2 aromatic carbocycles. The lowest BCUT2D eigenvalue weighted by molar-refractivity contribution is -0.116. The third kappa shape index (κ3) is 4.24. The summed E-state index contributed by atoms with van der Waals surface area (Å²) >= 11 is 6.44. The number of nitrogens with zero attached hydrogens (tertiary/aromatic N) is 1. The molecule has 0 spiro atoms. The van der Waals surface area contributed by atoms with Gasteiger partial charge in [-0.3, -0.25) is 9.78 Å². The van der Waals surface area contributed by atoms with Gasteiger partial charge in [0.15, 0.2) is 0 Å². The van der Waals surface area contributed by atoms with E-state index >= 15 is 0 Å². The minimum atomic E-state index is -0.167. The zero-order chi connectivity index (χ0) is 19.3. The Labute approximate surface area is 168 Å². The molecule has 1 aliphatic heterocycles. The van der Waals surface area contributed by atoms with Gasteiger partial charge >= 0.3 is 0 Å². The molecule has 0 radical (unpaired) electrons. The Morgan fingerprint density at radius 3 is 2.82 bits per heavy atom. The first-order valence-corrected chi connectivity index (χ1v) is 9.47. The molecule has 0 aliphatic carbocycles. The number of benzene rings is 2. The Bertz CT molecular complexity index is 1000. The molecule has 4 nitrogen and oxygen atoms in total. The highest BCUT2D eigenvalue weighted by Gasteiger charge is 2.26. The average molecular weight is 391 g/mol. The van der Waals surface area contributed by atoms with Crippen molar-refractivity contribution in [3.8, 4) is 16.9 Å². The maximum absolute atomic E-state index is 12.1. The molecule has 4 rings (SSSR count). The van der Waals surface area contributed by atoms with E-state index in [4.69, 9.17) is 16.3 Å². The summed E-state index contributed by atoms with van der Waals surface area (Å²) in [7, 11) is 0. The van der Waals surface area contributed by atoms with Gasteiger partial charge in [-0.05, 0) is 41.0 Å². The summed E-state index contributed by atoms with van der Waals surface area (Å²) in [5, 5.41) is 3.48. The number of hydrogen-bond acceptors (Lipinski definition) is 3. The van der Waals surface area contributed by atoms with Gasteiger partial charge in [-0.1, -0.05) is 48.0 Å². The molecule has 1 aromatic heterocycles. The van der Waals surface area contributed by atoms with Crippen molar-refractivity contribution in [3.63, 3.8) is 0 Å². The van der Waals surface area contributed by atoms with Gasteiger partial charge in [-0.2, -0.15) is 0 Å². The Balaban J connectivity index is 1.38. The first-order chi connectivity index (χ1) is 13.7. The van der Waals surface area contributed by atoms with E-state index in [2.05, 4.69) is 28.5 Å². The van der Waals surface area contributed by atoms with Gasteiger partial charge in [0.2, 0.25) is 5.91 Å². The molecule has 1 N–H and O–H groups in total. The van der Waals surface area contributed by atoms with Gasteiger partial charge in [-0.25, -0.2) is 0 Å². The standard InChI is InChI=1S/C23H19ClN2O2/c24-21-13-18(17-6-2-1-3-7-17)11-19-12-20(28-23(19)21)15-26-22(27)9-8-16-5-4-10-25-14-16/h1-11,13-14,20H,12,15H2,(H,26,27)/b9-8+. The van der Waals surface area contributed by atoms with E-state index in [0.717, 1.165) is 22.3 Å². The van der Waals surface area contributed by atoms with E-state index in [0.29, 0.717) is 23.7 Å². The van der Waals surface area contributed by atoms with E-state index < -0.39 is 0 Å². The first kappa shape index (κ1) is 18.3. The second kappa shape index (κ2) is 8.28. The number of ether oxygens (including phenoxy) is 1. The lowest BCUT2D eigenvalue weighted by atomic mass is 10.0. The van der Waals surface area contributed by atoms with Crippen molar-refractivity contribution in [2.75, 3.05) is 6.54 Å². The van der Waals surface area contributed by atoms with E-state index in [1.807, 2.05) is 36.4 Å². The second-order valence-corrected chi connectivity index (χ2v) is 7.03. The lowest BCUT2D eigenvalue weighted by Gasteiger charge is -2.11. The monoisotopic (exact) mass is 390 g/mol. The van der Waals surface area contributed by atoms with Crippen LogP contribution in [0.5, 0.6) is 5.75 Å². The highest BCUT2D eigenvalue weighted by Crippen LogP contribution is 2.39. The topological polar surface area (TPSA) is 51.2 Å². The van der Waals surface area contributed by atoms with Gasteiger partial charge in [0, 0.05) is 30.5 Å². The molecular weight excluding hydrogens is 372 g/mol. The third-order valence-electron chi connectivity index (χ3n) is 4.58. The second-order valence-electron chi connectivity index (χ2n) is 6.62. The number of amides is 1.